The number of aromatic nitrogens is 2. The quantitative estimate of drug-likeness (QED) is 0.465. The summed E-state index contributed by atoms with van der Waals surface area (Å²) in [4.78, 5) is 29.2. The van der Waals surface area contributed by atoms with Crippen molar-refractivity contribution in [3.63, 3.8) is 0 Å². The lowest BCUT2D eigenvalue weighted by Gasteiger charge is -2.20. The number of hydrogen-bond acceptors (Lipinski definition) is 3. The van der Waals surface area contributed by atoms with E-state index in [0.29, 0.717) is 29.9 Å². The summed E-state index contributed by atoms with van der Waals surface area (Å²) in [6.07, 6.45) is 8.85. The first-order chi connectivity index (χ1) is 15.3. The number of nitrogens with one attached hydrogen (secondary N) is 1. The van der Waals surface area contributed by atoms with Crippen LogP contribution >= 0.6 is 0 Å². The van der Waals surface area contributed by atoms with Crippen molar-refractivity contribution in [3.05, 3.63) is 29.6 Å². The minimum atomic E-state index is -0.896. The summed E-state index contributed by atoms with van der Waals surface area (Å²) < 4.78 is 2.40. The van der Waals surface area contributed by atoms with Crippen molar-refractivity contribution in [1.29, 1.82) is 0 Å². The minimum Gasteiger partial charge on any atom is -0.481 e. The fourth-order valence-corrected chi connectivity index (χ4v) is 5.21. The Labute approximate surface area is 191 Å². The maximum Gasteiger partial charge on any atom is 0.305 e. The predicted octanol–water partition coefficient (Wildman–Crippen LogP) is 5.75. The van der Waals surface area contributed by atoms with Crippen molar-refractivity contribution in [2.75, 3.05) is 0 Å². The van der Waals surface area contributed by atoms with Crippen molar-refractivity contribution < 1.29 is 14.7 Å². The van der Waals surface area contributed by atoms with Gasteiger partial charge in [-0.2, -0.15) is 0 Å². The first-order valence-corrected chi connectivity index (χ1v) is 12.4. The van der Waals surface area contributed by atoms with E-state index in [0.717, 1.165) is 36.1 Å². The van der Waals surface area contributed by atoms with Gasteiger partial charge in [0.1, 0.15) is 5.82 Å². The predicted molar refractivity (Wildman–Crippen MR) is 128 cm³/mol. The number of carbonyl (C=O) groups excluding carboxylic acids is 1. The molecular weight excluding hydrogens is 402 g/mol. The third kappa shape index (κ3) is 5.90. The van der Waals surface area contributed by atoms with E-state index in [4.69, 9.17) is 4.98 Å². The summed E-state index contributed by atoms with van der Waals surface area (Å²) in [5.74, 6) is 1.02. The lowest BCUT2D eigenvalue weighted by Crippen LogP contribution is -2.37. The molecule has 32 heavy (non-hydrogen) atoms. The van der Waals surface area contributed by atoms with Gasteiger partial charge < -0.3 is 15.0 Å². The van der Waals surface area contributed by atoms with Crippen molar-refractivity contribution in [2.24, 2.45) is 11.8 Å². The van der Waals surface area contributed by atoms with Crippen LogP contribution in [-0.4, -0.2) is 32.6 Å². The highest BCUT2D eigenvalue weighted by Gasteiger charge is 2.24. The topological polar surface area (TPSA) is 84.2 Å². The van der Waals surface area contributed by atoms with Crippen LogP contribution in [0, 0.1) is 11.8 Å². The van der Waals surface area contributed by atoms with Gasteiger partial charge in [0.2, 0.25) is 0 Å². The Hall–Kier alpha value is -2.37. The molecule has 0 spiro atoms. The van der Waals surface area contributed by atoms with E-state index in [-0.39, 0.29) is 18.4 Å². The Bertz CT molecular complexity index is 924. The minimum absolute atomic E-state index is 0.0684. The number of imidazole rings is 1. The fourth-order valence-electron chi connectivity index (χ4n) is 5.21. The molecule has 0 aliphatic heterocycles. The van der Waals surface area contributed by atoms with E-state index >= 15 is 0 Å². The molecule has 1 aromatic heterocycles. The smallest absolute Gasteiger partial charge is 0.305 e. The Morgan fingerprint density at radius 2 is 1.88 bits per heavy atom. The zero-order chi connectivity index (χ0) is 23.3. The Morgan fingerprint density at radius 3 is 2.47 bits per heavy atom. The van der Waals surface area contributed by atoms with Crippen LogP contribution < -0.4 is 5.32 Å². The molecule has 2 aromatic rings. The normalized spacial score (nSPS) is 15.7. The summed E-state index contributed by atoms with van der Waals surface area (Å²) in [6, 6.07) is 5.76. The molecular formula is C26H39N3O3. The highest BCUT2D eigenvalue weighted by molar-refractivity contribution is 5.97. The zero-order valence-electron chi connectivity index (χ0n) is 20.1. The van der Waals surface area contributed by atoms with E-state index in [1.165, 1.54) is 25.7 Å². The summed E-state index contributed by atoms with van der Waals surface area (Å²) in [5.41, 5.74) is 2.49. The second-order valence-electron chi connectivity index (χ2n) is 9.82. The number of rotatable bonds is 11. The number of benzene rings is 1. The number of fused-ring (bicyclic) bond motifs is 1. The van der Waals surface area contributed by atoms with Gasteiger partial charge in [0.05, 0.1) is 17.5 Å². The van der Waals surface area contributed by atoms with Gasteiger partial charge in [-0.25, -0.2) is 4.98 Å². The standard InChI is InChI=1S/C26H39N3O3/c1-5-21(6-2)29-23-12-11-19(26(32)27-20(13-17(3)4)16-25(30)31)15-22(23)28-24(29)14-18-9-7-8-10-18/h11-12,15,17-18,20-21H,5-10,13-14,16H2,1-4H3,(H,27,32)(H,30,31). The molecule has 1 fully saturated rings. The lowest BCUT2D eigenvalue weighted by atomic mass is 10.0. The molecule has 1 aliphatic rings. The van der Waals surface area contributed by atoms with Crippen molar-refractivity contribution >= 4 is 22.9 Å². The summed E-state index contributed by atoms with van der Waals surface area (Å²) in [7, 11) is 0. The zero-order valence-corrected chi connectivity index (χ0v) is 20.1. The second kappa shape index (κ2) is 11.0. The fraction of sp³-hybridized carbons (Fsp3) is 0.654. The van der Waals surface area contributed by atoms with E-state index in [9.17, 15) is 14.7 Å². The Balaban J connectivity index is 1.89. The third-order valence-corrected chi connectivity index (χ3v) is 6.79. The van der Waals surface area contributed by atoms with Gasteiger partial charge in [0, 0.05) is 24.1 Å². The molecule has 1 saturated carbocycles. The van der Waals surface area contributed by atoms with Crippen LogP contribution in [-0.2, 0) is 11.2 Å². The van der Waals surface area contributed by atoms with Gasteiger partial charge in [-0.05, 0) is 49.3 Å². The third-order valence-electron chi connectivity index (χ3n) is 6.79. The SMILES string of the molecule is CCC(CC)n1c(CC2CCCC2)nc2cc(C(=O)NC(CC(=O)O)CC(C)C)ccc21. The van der Waals surface area contributed by atoms with Crippen molar-refractivity contribution in [3.8, 4) is 0 Å². The first kappa shape index (κ1) is 24.3. The van der Waals surface area contributed by atoms with Gasteiger partial charge in [-0.1, -0.05) is 53.4 Å². The molecule has 176 valence electrons. The molecule has 1 atom stereocenters. The maximum absolute atomic E-state index is 12.9. The van der Waals surface area contributed by atoms with E-state index in [1.54, 1.807) is 0 Å². The van der Waals surface area contributed by atoms with Gasteiger partial charge in [0.25, 0.3) is 5.91 Å². The molecule has 6 nitrogen and oxygen atoms in total. The highest BCUT2D eigenvalue weighted by Crippen LogP contribution is 2.32. The van der Waals surface area contributed by atoms with Gasteiger partial charge >= 0.3 is 5.97 Å². The Morgan fingerprint density at radius 1 is 1.19 bits per heavy atom. The second-order valence-corrected chi connectivity index (χ2v) is 9.82. The number of hydrogen-bond donors (Lipinski definition) is 2. The number of aliphatic carboxylic acids is 1. The molecule has 2 N–H and O–H groups in total. The molecule has 1 aromatic carbocycles. The number of carboxylic acids is 1. The lowest BCUT2D eigenvalue weighted by molar-refractivity contribution is -0.137. The van der Waals surface area contributed by atoms with E-state index in [1.807, 2.05) is 32.0 Å². The molecule has 1 unspecified atom stereocenters. The van der Waals surface area contributed by atoms with Crippen LogP contribution in [0.1, 0.15) is 101 Å². The van der Waals surface area contributed by atoms with Crippen LogP contribution in [0.15, 0.2) is 18.2 Å². The molecule has 1 aliphatic carbocycles. The summed E-state index contributed by atoms with van der Waals surface area (Å²) in [6.45, 7) is 8.50. The van der Waals surface area contributed by atoms with Crippen LogP contribution in [0.25, 0.3) is 11.0 Å². The first-order valence-electron chi connectivity index (χ1n) is 12.4. The van der Waals surface area contributed by atoms with Gasteiger partial charge in [-0.15, -0.1) is 0 Å². The molecule has 0 bridgehead atoms. The number of carboxylic acid groups (broad SMARTS) is 1. The number of carbonyl (C=O) groups is 2. The maximum atomic E-state index is 12.9. The van der Waals surface area contributed by atoms with Crippen LogP contribution in [0.3, 0.4) is 0 Å². The molecule has 3 rings (SSSR count). The van der Waals surface area contributed by atoms with Crippen LogP contribution in [0.2, 0.25) is 0 Å². The largest absolute Gasteiger partial charge is 0.481 e. The van der Waals surface area contributed by atoms with Gasteiger partial charge in [0.15, 0.2) is 0 Å². The van der Waals surface area contributed by atoms with Crippen LogP contribution in [0.4, 0.5) is 0 Å². The average Bonchev–Trinajstić information content (AvgIpc) is 3.36. The monoisotopic (exact) mass is 441 g/mol. The van der Waals surface area contributed by atoms with E-state index in [2.05, 4.69) is 23.7 Å². The molecule has 0 saturated heterocycles. The van der Waals surface area contributed by atoms with E-state index < -0.39 is 5.97 Å². The summed E-state index contributed by atoms with van der Waals surface area (Å²) >= 11 is 0. The number of nitrogens with zero attached hydrogens (tertiary/aromatic N) is 2. The molecule has 6 heteroatoms. The molecule has 1 amide bonds. The van der Waals surface area contributed by atoms with Gasteiger partial charge in [-0.3, -0.25) is 9.59 Å². The molecule has 0 radical (unpaired) electrons. The van der Waals surface area contributed by atoms with Crippen molar-refractivity contribution in [2.45, 2.75) is 97.6 Å². The average molecular weight is 442 g/mol. The summed E-state index contributed by atoms with van der Waals surface area (Å²) in [5, 5.41) is 12.1. The molecule has 1 heterocycles. The van der Waals surface area contributed by atoms with Crippen LogP contribution in [0.5, 0.6) is 0 Å². The Kier molecular flexibility index (Phi) is 8.32. The number of amides is 1. The highest BCUT2D eigenvalue weighted by atomic mass is 16.4. The van der Waals surface area contributed by atoms with Crippen molar-refractivity contribution in [1.82, 2.24) is 14.9 Å².